The third-order valence-corrected chi connectivity index (χ3v) is 3.55. The Kier molecular flexibility index (Phi) is 2.61. The lowest BCUT2D eigenvalue weighted by molar-refractivity contribution is -0.125. The van der Waals surface area contributed by atoms with Crippen LogP contribution in [0.25, 0.3) is 0 Å². The van der Waals surface area contributed by atoms with Crippen LogP contribution >= 0.6 is 0 Å². The highest BCUT2D eigenvalue weighted by molar-refractivity contribution is 5.87. The Morgan fingerprint density at radius 3 is 2.60 bits per heavy atom. The molecule has 0 saturated heterocycles. The lowest BCUT2D eigenvalue weighted by Crippen LogP contribution is -2.40. The van der Waals surface area contributed by atoms with Crippen molar-refractivity contribution < 1.29 is 4.79 Å². The van der Waals surface area contributed by atoms with Crippen molar-refractivity contribution in [1.29, 1.82) is 0 Å². The fraction of sp³-hybridized carbons (Fsp3) is 0.462. The van der Waals surface area contributed by atoms with Crippen molar-refractivity contribution in [1.82, 2.24) is 0 Å². The van der Waals surface area contributed by atoms with E-state index in [0.29, 0.717) is 12.2 Å². The molecule has 0 bridgehead atoms. The number of hydrogen-bond acceptors (Lipinski definition) is 2. The van der Waals surface area contributed by atoms with E-state index in [4.69, 9.17) is 5.73 Å². The molecular weight excluding hydrogens is 186 g/mol. The maximum Gasteiger partial charge on any atom is 0.140 e. The molecule has 1 aromatic rings. The van der Waals surface area contributed by atoms with Crippen molar-refractivity contribution in [2.45, 2.75) is 32.2 Å². The standard InChI is InChI=1S/C13H17NO/c1-13(11(14)7-8-12(13)15)9-10-5-3-2-4-6-10/h2-6,11H,7-9,14H2,1H3. The van der Waals surface area contributed by atoms with Crippen LogP contribution < -0.4 is 5.73 Å². The molecular formula is C13H17NO. The second-order valence-electron chi connectivity index (χ2n) is 4.65. The van der Waals surface area contributed by atoms with E-state index < -0.39 is 0 Å². The van der Waals surface area contributed by atoms with Crippen LogP contribution in [0.3, 0.4) is 0 Å². The fourth-order valence-electron chi connectivity index (χ4n) is 2.35. The Labute approximate surface area is 90.5 Å². The van der Waals surface area contributed by atoms with E-state index in [9.17, 15) is 4.79 Å². The first kappa shape index (κ1) is 10.4. The molecule has 15 heavy (non-hydrogen) atoms. The van der Waals surface area contributed by atoms with E-state index in [0.717, 1.165) is 12.8 Å². The average molecular weight is 203 g/mol. The Hall–Kier alpha value is -1.15. The zero-order valence-electron chi connectivity index (χ0n) is 9.07. The molecule has 1 saturated carbocycles. The SMILES string of the molecule is CC1(Cc2ccccc2)C(=O)CCC1N. The van der Waals surface area contributed by atoms with Crippen molar-refractivity contribution in [2.75, 3.05) is 0 Å². The van der Waals surface area contributed by atoms with Gasteiger partial charge in [0.15, 0.2) is 0 Å². The van der Waals surface area contributed by atoms with Crippen LogP contribution in [0.4, 0.5) is 0 Å². The van der Waals surface area contributed by atoms with Crippen LogP contribution in [-0.2, 0) is 11.2 Å². The molecule has 0 aliphatic heterocycles. The monoisotopic (exact) mass is 203 g/mol. The highest BCUT2D eigenvalue weighted by Gasteiger charge is 2.43. The first-order valence-electron chi connectivity index (χ1n) is 5.46. The summed E-state index contributed by atoms with van der Waals surface area (Å²) in [5, 5.41) is 0. The average Bonchev–Trinajstić information content (AvgIpc) is 2.48. The molecule has 1 fully saturated rings. The molecule has 0 spiro atoms. The van der Waals surface area contributed by atoms with Crippen molar-refractivity contribution in [3.05, 3.63) is 35.9 Å². The van der Waals surface area contributed by atoms with Crippen LogP contribution in [-0.4, -0.2) is 11.8 Å². The molecule has 2 unspecified atom stereocenters. The lowest BCUT2D eigenvalue weighted by atomic mass is 9.78. The Balaban J connectivity index is 2.21. The van der Waals surface area contributed by atoms with Gasteiger partial charge >= 0.3 is 0 Å². The van der Waals surface area contributed by atoms with Gasteiger partial charge in [0, 0.05) is 17.9 Å². The molecule has 2 rings (SSSR count). The molecule has 80 valence electrons. The van der Waals surface area contributed by atoms with Crippen molar-refractivity contribution in [2.24, 2.45) is 11.1 Å². The summed E-state index contributed by atoms with van der Waals surface area (Å²) in [7, 11) is 0. The van der Waals surface area contributed by atoms with E-state index in [1.54, 1.807) is 0 Å². The topological polar surface area (TPSA) is 43.1 Å². The molecule has 0 heterocycles. The quantitative estimate of drug-likeness (QED) is 0.798. The summed E-state index contributed by atoms with van der Waals surface area (Å²) in [5.74, 6) is 0.318. The van der Waals surface area contributed by atoms with Crippen LogP contribution in [0.2, 0.25) is 0 Å². The summed E-state index contributed by atoms with van der Waals surface area (Å²) >= 11 is 0. The van der Waals surface area contributed by atoms with Gasteiger partial charge in [-0.1, -0.05) is 37.3 Å². The first-order valence-corrected chi connectivity index (χ1v) is 5.46. The van der Waals surface area contributed by atoms with E-state index in [-0.39, 0.29) is 11.5 Å². The van der Waals surface area contributed by atoms with Gasteiger partial charge in [0.1, 0.15) is 5.78 Å². The van der Waals surface area contributed by atoms with Gasteiger partial charge in [0.05, 0.1) is 0 Å². The molecule has 0 amide bonds. The summed E-state index contributed by atoms with van der Waals surface area (Å²) in [5.41, 5.74) is 6.88. The summed E-state index contributed by atoms with van der Waals surface area (Å²) in [4.78, 5) is 11.8. The van der Waals surface area contributed by atoms with Crippen LogP contribution in [0.1, 0.15) is 25.3 Å². The van der Waals surface area contributed by atoms with Gasteiger partial charge in [0.25, 0.3) is 0 Å². The normalized spacial score (nSPS) is 30.8. The van der Waals surface area contributed by atoms with Crippen molar-refractivity contribution in [3.63, 3.8) is 0 Å². The summed E-state index contributed by atoms with van der Waals surface area (Å²) in [6.07, 6.45) is 2.25. The second-order valence-corrected chi connectivity index (χ2v) is 4.65. The molecule has 2 atom stereocenters. The predicted molar refractivity (Wildman–Crippen MR) is 60.5 cm³/mol. The summed E-state index contributed by atoms with van der Waals surface area (Å²) in [6, 6.07) is 10.1. The molecule has 0 radical (unpaired) electrons. The van der Waals surface area contributed by atoms with Crippen LogP contribution in [0, 0.1) is 5.41 Å². The van der Waals surface area contributed by atoms with Gasteiger partial charge in [0.2, 0.25) is 0 Å². The Morgan fingerprint density at radius 1 is 1.40 bits per heavy atom. The van der Waals surface area contributed by atoms with Gasteiger partial charge in [-0.05, 0) is 18.4 Å². The Bertz CT molecular complexity index is 360. The minimum Gasteiger partial charge on any atom is -0.327 e. The minimum atomic E-state index is -0.346. The smallest absolute Gasteiger partial charge is 0.140 e. The van der Waals surface area contributed by atoms with Gasteiger partial charge in [-0.3, -0.25) is 4.79 Å². The number of rotatable bonds is 2. The van der Waals surface area contributed by atoms with E-state index in [2.05, 4.69) is 12.1 Å². The first-order chi connectivity index (χ1) is 7.13. The molecule has 1 aromatic carbocycles. The van der Waals surface area contributed by atoms with Crippen LogP contribution in [0.5, 0.6) is 0 Å². The van der Waals surface area contributed by atoms with E-state index in [1.807, 2.05) is 25.1 Å². The van der Waals surface area contributed by atoms with Gasteiger partial charge in [-0.2, -0.15) is 0 Å². The summed E-state index contributed by atoms with van der Waals surface area (Å²) < 4.78 is 0. The maximum absolute atomic E-state index is 11.8. The zero-order chi connectivity index (χ0) is 10.9. The second kappa shape index (κ2) is 3.78. The molecule has 2 N–H and O–H groups in total. The number of ketones is 1. The molecule has 2 heteroatoms. The number of carbonyl (C=O) groups is 1. The zero-order valence-corrected chi connectivity index (χ0v) is 9.07. The predicted octanol–water partition coefficient (Wildman–Crippen LogP) is 1.93. The molecule has 1 aliphatic rings. The highest BCUT2D eigenvalue weighted by Crippen LogP contribution is 2.36. The lowest BCUT2D eigenvalue weighted by Gasteiger charge is -2.27. The number of hydrogen-bond donors (Lipinski definition) is 1. The third kappa shape index (κ3) is 1.82. The van der Waals surface area contributed by atoms with Gasteiger partial charge in [-0.25, -0.2) is 0 Å². The fourth-order valence-corrected chi connectivity index (χ4v) is 2.35. The van der Waals surface area contributed by atoms with Gasteiger partial charge in [-0.15, -0.1) is 0 Å². The van der Waals surface area contributed by atoms with Gasteiger partial charge < -0.3 is 5.73 Å². The molecule has 2 nitrogen and oxygen atoms in total. The summed E-state index contributed by atoms with van der Waals surface area (Å²) in [6.45, 7) is 2.00. The third-order valence-electron chi connectivity index (χ3n) is 3.55. The van der Waals surface area contributed by atoms with Crippen LogP contribution in [0.15, 0.2) is 30.3 Å². The number of carbonyl (C=O) groups excluding carboxylic acids is 1. The molecule has 1 aliphatic carbocycles. The van der Waals surface area contributed by atoms with Crippen molar-refractivity contribution in [3.8, 4) is 0 Å². The van der Waals surface area contributed by atoms with E-state index in [1.165, 1.54) is 5.56 Å². The number of benzene rings is 1. The number of Topliss-reactive ketones (excluding diaryl/α,β-unsaturated/α-hetero) is 1. The van der Waals surface area contributed by atoms with E-state index >= 15 is 0 Å². The maximum atomic E-state index is 11.8. The molecule has 0 aromatic heterocycles. The largest absolute Gasteiger partial charge is 0.327 e. The Morgan fingerprint density at radius 2 is 2.07 bits per heavy atom. The number of nitrogens with two attached hydrogens (primary N) is 1. The minimum absolute atomic E-state index is 0.0187. The highest BCUT2D eigenvalue weighted by atomic mass is 16.1. The van der Waals surface area contributed by atoms with Crippen molar-refractivity contribution >= 4 is 5.78 Å².